The Morgan fingerprint density at radius 3 is 2.12 bits per heavy atom. The number of para-hydroxylation sites is 1. The van der Waals surface area contributed by atoms with Crippen LogP contribution < -0.4 is 16.4 Å². The van der Waals surface area contributed by atoms with E-state index < -0.39 is 5.60 Å². The zero-order valence-corrected chi connectivity index (χ0v) is 14.6. The van der Waals surface area contributed by atoms with Gasteiger partial charge < -0.3 is 21.1 Å². The molecule has 6 heteroatoms. The van der Waals surface area contributed by atoms with Gasteiger partial charge in [0.05, 0.1) is 5.56 Å². The first-order valence-corrected chi connectivity index (χ1v) is 8.39. The van der Waals surface area contributed by atoms with Crippen LogP contribution in [0.25, 0.3) is 0 Å². The Kier molecular flexibility index (Phi) is 5.70. The van der Waals surface area contributed by atoms with Crippen LogP contribution in [0.2, 0.25) is 0 Å². The zero-order chi connectivity index (χ0) is 17.7. The molecular formula is C18H27N3O3. The number of carbonyl (C=O) groups excluding carboxylic acids is 2. The average Bonchev–Trinajstić information content (AvgIpc) is 2.47. The molecule has 6 nitrogen and oxygen atoms in total. The number of nitrogens with one attached hydrogen (secondary N) is 2. The Labute approximate surface area is 143 Å². The number of hydrogen-bond acceptors (Lipinski definition) is 4. The first-order chi connectivity index (χ1) is 11.2. The number of amides is 2. The third-order valence-electron chi connectivity index (χ3n) is 3.99. The minimum Gasteiger partial charge on any atom is -0.444 e. The van der Waals surface area contributed by atoms with E-state index in [1.54, 1.807) is 24.3 Å². The molecule has 2 rings (SSSR count). The molecule has 0 saturated heterocycles. The van der Waals surface area contributed by atoms with Crippen molar-refractivity contribution in [3.05, 3.63) is 29.8 Å². The molecule has 1 aliphatic carbocycles. The number of alkyl carbamates (subject to hydrolysis) is 1. The van der Waals surface area contributed by atoms with E-state index in [2.05, 4.69) is 10.6 Å². The predicted octanol–water partition coefficient (Wildman–Crippen LogP) is 2.83. The molecule has 0 heterocycles. The molecule has 2 amide bonds. The van der Waals surface area contributed by atoms with Gasteiger partial charge in [0.2, 0.25) is 0 Å². The van der Waals surface area contributed by atoms with Crippen molar-refractivity contribution in [2.24, 2.45) is 0 Å². The first-order valence-electron chi connectivity index (χ1n) is 8.39. The highest BCUT2D eigenvalue weighted by atomic mass is 16.6. The summed E-state index contributed by atoms with van der Waals surface area (Å²) in [6.07, 6.45) is 2.88. The lowest BCUT2D eigenvalue weighted by atomic mass is 9.91. The third kappa shape index (κ3) is 5.44. The van der Waals surface area contributed by atoms with Crippen LogP contribution in [0.4, 0.5) is 10.5 Å². The van der Waals surface area contributed by atoms with Crippen LogP contribution >= 0.6 is 0 Å². The van der Waals surface area contributed by atoms with Crippen molar-refractivity contribution in [2.75, 3.05) is 5.73 Å². The summed E-state index contributed by atoms with van der Waals surface area (Å²) in [6.45, 7) is 5.52. The highest BCUT2D eigenvalue weighted by molar-refractivity contribution is 5.99. The summed E-state index contributed by atoms with van der Waals surface area (Å²) in [4.78, 5) is 24.1. The normalized spacial score (nSPS) is 21.0. The van der Waals surface area contributed by atoms with Crippen LogP contribution in [0, 0.1) is 0 Å². The molecule has 0 aromatic heterocycles. The van der Waals surface area contributed by atoms with E-state index in [-0.39, 0.29) is 24.1 Å². The molecule has 1 aromatic rings. The van der Waals surface area contributed by atoms with Crippen LogP contribution in [0.3, 0.4) is 0 Å². The molecule has 0 bridgehead atoms. The van der Waals surface area contributed by atoms with E-state index in [0.29, 0.717) is 11.3 Å². The maximum atomic E-state index is 12.3. The molecule has 0 unspecified atom stereocenters. The molecule has 1 aliphatic rings. The van der Waals surface area contributed by atoms with Gasteiger partial charge in [-0.05, 0) is 58.6 Å². The van der Waals surface area contributed by atoms with Gasteiger partial charge in [0.25, 0.3) is 5.91 Å². The molecule has 0 spiro atoms. The van der Waals surface area contributed by atoms with Gasteiger partial charge in [0.1, 0.15) is 5.60 Å². The number of rotatable bonds is 3. The second kappa shape index (κ2) is 7.55. The highest BCUT2D eigenvalue weighted by Crippen LogP contribution is 2.20. The van der Waals surface area contributed by atoms with Gasteiger partial charge in [-0.1, -0.05) is 12.1 Å². The van der Waals surface area contributed by atoms with Crippen molar-refractivity contribution in [1.29, 1.82) is 0 Å². The minimum absolute atomic E-state index is 0.0924. The van der Waals surface area contributed by atoms with Crippen molar-refractivity contribution in [2.45, 2.75) is 64.1 Å². The van der Waals surface area contributed by atoms with E-state index in [9.17, 15) is 9.59 Å². The van der Waals surface area contributed by atoms with Gasteiger partial charge >= 0.3 is 6.09 Å². The van der Waals surface area contributed by atoms with Gasteiger partial charge in [-0.25, -0.2) is 4.79 Å². The second-order valence-electron chi connectivity index (χ2n) is 7.26. The average molecular weight is 333 g/mol. The fraction of sp³-hybridized carbons (Fsp3) is 0.556. The smallest absolute Gasteiger partial charge is 0.407 e. The molecule has 0 atom stereocenters. The second-order valence-corrected chi connectivity index (χ2v) is 7.26. The highest BCUT2D eigenvalue weighted by Gasteiger charge is 2.26. The van der Waals surface area contributed by atoms with Crippen molar-refractivity contribution >= 4 is 17.7 Å². The van der Waals surface area contributed by atoms with Crippen LogP contribution in [0.1, 0.15) is 56.8 Å². The largest absolute Gasteiger partial charge is 0.444 e. The number of benzene rings is 1. The van der Waals surface area contributed by atoms with Gasteiger partial charge in [0.15, 0.2) is 0 Å². The van der Waals surface area contributed by atoms with Crippen molar-refractivity contribution in [3.63, 3.8) is 0 Å². The van der Waals surface area contributed by atoms with E-state index in [1.165, 1.54) is 0 Å². The molecule has 4 N–H and O–H groups in total. The van der Waals surface area contributed by atoms with Crippen LogP contribution in [-0.4, -0.2) is 29.7 Å². The Morgan fingerprint density at radius 2 is 1.58 bits per heavy atom. The monoisotopic (exact) mass is 333 g/mol. The quantitative estimate of drug-likeness (QED) is 0.742. The number of ether oxygens (including phenoxy) is 1. The molecule has 1 saturated carbocycles. The van der Waals surface area contributed by atoms with Crippen molar-refractivity contribution in [3.8, 4) is 0 Å². The minimum atomic E-state index is -0.495. The summed E-state index contributed by atoms with van der Waals surface area (Å²) in [7, 11) is 0. The summed E-state index contributed by atoms with van der Waals surface area (Å²) in [5, 5.41) is 5.92. The number of carbonyl (C=O) groups is 2. The number of hydrogen-bond donors (Lipinski definition) is 3. The summed E-state index contributed by atoms with van der Waals surface area (Å²) in [6, 6.07) is 7.24. The molecule has 132 valence electrons. The topological polar surface area (TPSA) is 93.5 Å². The van der Waals surface area contributed by atoms with Crippen molar-refractivity contribution < 1.29 is 14.3 Å². The number of anilines is 1. The summed E-state index contributed by atoms with van der Waals surface area (Å²) >= 11 is 0. The maximum absolute atomic E-state index is 12.3. The summed E-state index contributed by atoms with van der Waals surface area (Å²) in [5.41, 5.74) is 6.32. The Hall–Kier alpha value is -2.24. The van der Waals surface area contributed by atoms with Crippen LogP contribution in [0.5, 0.6) is 0 Å². The van der Waals surface area contributed by atoms with E-state index >= 15 is 0 Å². The van der Waals surface area contributed by atoms with Crippen molar-refractivity contribution in [1.82, 2.24) is 10.6 Å². The zero-order valence-electron chi connectivity index (χ0n) is 14.6. The Bertz CT molecular complexity index is 587. The fourth-order valence-corrected chi connectivity index (χ4v) is 2.82. The lowest BCUT2D eigenvalue weighted by molar-refractivity contribution is 0.0488. The van der Waals surface area contributed by atoms with Gasteiger partial charge in [-0.2, -0.15) is 0 Å². The molecular weight excluding hydrogens is 306 g/mol. The van der Waals surface area contributed by atoms with E-state index in [1.807, 2.05) is 20.8 Å². The Balaban J connectivity index is 1.78. The summed E-state index contributed by atoms with van der Waals surface area (Å²) in [5.74, 6) is -0.142. The van der Waals surface area contributed by atoms with Gasteiger partial charge in [-0.15, -0.1) is 0 Å². The SMILES string of the molecule is CC(C)(C)OC(=O)NC1CCC(NC(=O)c2ccccc2N)CC1. The molecule has 0 aliphatic heterocycles. The van der Waals surface area contributed by atoms with Gasteiger partial charge in [-0.3, -0.25) is 4.79 Å². The number of nitrogen functional groups attached to an aromatic ring is 1. The number of nitrogens with two attached hydrogens (primary N) is 1. The lowest BCUT2D eigenvalue weighted by Gasteiger charge is -2.30. The molecule has 0 radical (unpaired) electrons. The fourth-order valence-electron chi connectivity index (χ4n) is 2.82. The van der Waals surface area contributed by atoms with E-state index in [4.69, 9.17) is 10.5 Å². The maximum Gasteiger partial charge on any atom is 0.407 e. The predicted molar refractivity (Wildman–Crippen MR) is 93.7 cm³/mol. The van der Waals surface area contributed by atoms with Gasteiger partial charge in [0, 0.05) is 17.8 Å². The standard InChI is InChI=1S/C18H27N3O3/c1-18(2,3)24-17(23)21-13-10-8-12(9-11-13)20-16(22)14-6-4-5-7-15(14)19/h4-7,12-13H,8-11,19H2,1-3H3,(H,20,22)(H,21,23). The lowest BCUT2D eigenvalue weighted by Crippen LogP contribution is -2.45. The van der Waals surface area contributed by atoms with E-state index in [0.717, 1.165) is 25.7 Å². The molecule has 1 fully saturated rings. The Morgan fingerprint density at radius 1 is 1.04 bits per heavy atom. The third-order valence-corrected chi connectivity index (χ3v) is 3.99. The van der Waals surface area contributed by atoms with Crippen LogP contribution in [0.15, 0.2) is 24.3 Å². The molecule has 1 aromatic carbocycles. The molecule has 24 heavy (non-hydrogen) atoms. The summed E-state index contributed by atoms with van der Waals surface area (Å²) < 4.78 is 5.27. The first kappa shape index (κ1) is 18.1. The van der Waals surface area contributed by atoms with Crippen LogP contribution in [-0.2, 0) is 4.74 Å².